The lowest BCUT2D eigenvalue weighted by molar-refractivity contribution is -0.113. The Morgan fingerprint density at radius 1 is 1.29 bits per heavy atom. The van der Waals surface area contributed by atoms with Crippen molar-refractivity contribution < 1.29 is 14.3 Å². The largest absolute Gasteiger partial charge is 0.462 e. The van der Waals surface area contributed by atoms with E-state index in [2.05, 4.69) is 27.5 Å². The van der Waals surface area contributed by atoms with Crippen molar-refractivity contribution in [2.45, 2.75) is 65.1 Å². The van der Waals surface area contributed by atoms with E-state index in [1.165, 1.54) is 28.0 Å². The molecule has 0 unspecified atom stereocenters. The second kappa shape index (κ2) is 10.9. The number of carbonyl (C=O) groups excluding carboxylic acids is 2. The van der Waals surface area contributed by atoms with E-state index in [0.29, 0.717) is 34.8 Å². The SMILES string of the molecule is CCOC(=O)c1c(NC(=O)CSc2nnc(-c3cc(C)nn3C)n2CC)sc2c1CC[C@H](CC)C2. The van der Waals surface area contributed by atoms with Crippen LogP contribution in [0.15, 0.2) is 11.2 Å². The number of fused-ring (bicyclic) bond motifs is 1. The number of anilines is 1. The third kappa shape index (κ3) is 5.30. The van der Waals surface area contributed by atoms with Gasteiger partial charge in [-0.1, -0.05) is 25.1 Å². The highest BCUT2D eigenvalue weighted by atomic mass is 32.2. The van der Waals surface area contributed by atoms with Gasteiger partial charge in [-0.25, -0.2) is 4.79 Å². The molecule has 0 aliphatic heterocycles. The number of nitrogens with one attached hydrogen (secondary N) is 1. The van der Waals surface area contributed by atoms with Crippen LogP contribution in [0.3, 0.4) is 0 Å². The normalized spacial score (nSPS) is 15.2. The molecule has 0 saturated carbocycles. The van der Waals surface area contributed by atoms with E-state index in [-0.39, 0.29) is 17.6 Å². The van der Waals surface area contributed by atoms with E-state index < -0.39 is 0 Å². The Balaban J connectivity index is 1.50. The summed E-state index contributed by atoms with van der Waals surface area (Å²) < 4.78 is 9.09. The zero-order valence-corrected chi connectivity index (χ0v) is 22.5. The number of ether oxygens (including phenoxy) is 1. The molecule has 11 heteroatoms. The maximum atomic E-state index is 12.9. The maximum absolute atomic E-state index is 12.9. The monoisotopic (exact) mass is 516 g/mol. The van der Waals surface area contributed by atoms with Gasteiger partial charge in [0.1, 0.15) is 10.7 Å². The predicted molar refractivity (Wildman–Crippen MR) is 138 cm³/mol. The van der Waals surface area contributed by atoms with E-state index in [4.69, 9.17) is 4.74 Å². The van der Waals surface area contributed by atoms with Gasteiger partial charge >= 0.3 is 5.97 Å². The summed E-state index contributed by atoms with van der Waals surface area (Å²) in [5, 5.41) is 17.3. The van der Waals surface area contributed by atoms with E-state index in [1.807, 2.05) is 31.5 Å². The molecule has 0 fully saturated rings. The number of hydrogen-bond donors (Lipinski definition) is 1. The van der Waals surface area contributed by atoms with Gasteiger partial charge in [0.15, 0.2) is 11.0 Å². The molecule has 0 spiro atoms. The number of esters is 1. The molecule has 188 valence electrons. The molecule has 35 heavy (non-hydrogen) atoms. The van der Waals surface area contributed by atoms with Crippen LogP contribution in [0.25, 0.3) is 11.5 Å². The van der Waals surface area contributed by atoms with Crippen molar-refractivity contribution >= 4 is 40.0 Å². The second-order valence-corrected chi connectivity index (χ2v) is 10.7. The highest BCUT2D eigenvalue weighted by Crippen LogP contribution is 2.41. The summed E-state index contributed by atoms with van der Waals surface area (Å²) in [5.41, 5.74) is 3.36. The molecular formula is C24H32N6O3S2. The fourth-order valence-electron chi connectivity index (χ4n) is 4.49. The number of nitrogens with zero attached hydrogens (tertiary/aromatic N) is 5. The van der Waals surface area contributed by atoms with E-state index >= 15 is 0 Å². The van der Waals surface area contributed by atoms with Crippen molar-refractivity contribution in [2.75, 3.05) is 17.7 Å². The summed E-state index contributed by atoms with van der Waals surface area (Å²) in [6.07, 6.45) is 3.96. The van der Waals surface area contributed by atoms with Crippen LogP contribution >= 0.6 is 23.1 Å². The number of aromatic nitrogens is 5. The average molecular weight is 517 g/mol. The lowest BCUT2D eigenvalue weighted by atomic mass is 9.85. The summed E-state index contributed by atoms with van der Waals surface area (Å²) in [6, 6.07) is 1.97. The van der Waals surface area contributed by atoms with Crippen LogP contribution < -0.4 is 5.32 Å². The molecule has 1 N–H and O–H groups in total. The minimum Gasteiger partial charge on any atom is -0.462 e. The molecule has 1 amide bonds. The number of hydrogen-bond acceptors (Lipinski definition) is 8. The summed E-state index contributed by atoms with van der Waals surface area (Å²) in [6.45, 7) is 8.92. The maximum Gasteiger partial charge on any atom is 0.341 e. The first-order valence-electron chi connectivity index (χ1n) is 12.0. The molecule has 1 atom stereocenters. The summed E-state index contributed by atoms with van der Waals surface area (Å²) >= 11 is 2.84. The quantitative estimate of drug-likeness (QED) is 0.330. The average Bonchev–Trinajstić information content (AvgIpc) is 3.50. The molecule has 3 aromatic heterocycles. The van der Waals surface area contributed by atoms with Gasteiger partial charge in [0.25, 0.3) is 0 Å². The lowest BCUT2D eigenvalue weighted by Crippen LogP contribution is -2.18. The van der Waals surface area contributed by atoms with Crippen LogP contribution in [0.4, 0.5) is 5.00 Å². The van der Waals surface area contributed by atoms with Gasteiger partial charge in [-0.05, 0) is 57.6 Å². The molecule has 3 heterocycles. The molecule has 4 rings (SSSR count). The molecule has 1 aliphatic carbocycles. The minimum atomic E-state index is -0.357. The smallest absolute Gasteiger partial charge is 0.341 e. The molecule has 0 radical (unpaired) electrons. The van der Waals surface area contributed by atoms with E-state index in [1.54, 1.807) is 11.6 Å². The molecule has 0 saturated heterocycles. The fourth-order valence-corrected chi connectivity index (χ4v) is 6.66. The van der Waals surface area contributed by atoms with Crippen molar-refractivity contribution in [3.05, 3.63) is 27.8 Å². The van der Waals surface area contributed by atoms with Crippen LogP contribution in [0.5, 0.6) is 0 Å². The molecule has 9 nitrogen and oxygen atoms in total. The number of carbonyl (C=O) groups is 2. The first kappa shape index (κ1) is 25.4. The number of amides is 1. The van der Waals surface area contributed by atoms with Crippen molar-refractivity contribution in [3.63, 3.8) is 0 Å². The highest BCUT2D eigenvalue weighted by Gasteiger charge is 2.30. The number of thioether (sulfide) groups is 1. The van der Waals surface area contributed by atoms with Crippen molar-refractivity contribution in [1.82, 2.24) is 24.5 Å². The summed E-state index contributed by atoms with van der Waals surface area (Å²) in [7, 11) is 1.88. The van der Waals surface area contributed by atoms with Gasteiger partial charge < -0.3 is 14.6 Å². The topological polar surface area (TPSA) is 104 Å². The summed E-state index contributed by atoms with van der Waals surface area (Å²) in [5.74, 6) is 0.956. The zero-order valence-electron chi connectivity index (χ0n) is 20.9. The number of rotatable bonds is 9. The Bertz CT molecular complexity index is 1230. The lowest BCUT2D eigenvalue weighted by Gasteiger charge is -2.20. The van der Waals surface area contributed by atoms with Crippen LogP contribution in [0.2, 0.25) is 0 Å². The highest BCUT2D eigenvalue weighted by molar-refractivity contribution is 7.99. The predicted octanol–water partition coefficient (Wildman–Crippen LogP) is 4.49. The Hall–Kier alpha value is -2.66. The minimum absolute atomic E-state index is 0.158. The van der Waals surface area contributed by atoms with Crippen LogP contribution in [0.1, 0.15) is 60.1 Å². The Labute approximate surface area is 213 Å². The van der Waals surface area contributed by atoms with Gasteiger partial charge in [-0.3, -0.25) is 9.48 Å². The van der Waals surface area contributed by atoms with E-state index in [0.717, 1.165) is 48.5 Å². The molecule has 3 aromatic rings. The third-order valence-electron chi connectivity index (χ3n) is 6.27. The first-order valence-corrected chi connectivity index (χ1v) is 13.8. The second-order valence-electron chi connectivity index (χ2n) is 8.63. The van der Waals surface area contributed by atoms with Gasteiger partial charge in [-0.15, -0.1) is 21.5 Å². The Kier molecular flexibility index (Phi) is 7.95. The Morgan fingerprint density at radius 3 is 2.74 bits per heavy atom. The van der Waals surface area contributed by atoms with Crippen molar-refractivity contribution in [1.29, 1.82) is 0 Å². The zero-order chi connectivity index (χ0) is 25.1. The molecule has 1 aliphatic rings. The van der Waals surface area contributed by atoms with Crippen molar-refractivity contribution in [2.24, 2.45) is 13.0 Å². The van der Waals surface area contributed by atoms with Gasteiger partial charge in [0, 0.05) is 18.5 Å². The Morgan fingerprint density at radius 2 is 2.09 bits per heavy atom. The fraction of sp³-hybridized carbons (Fsp3) is 0.542. The molecule has 0 bridgehead atoms. The molecular weight excluding hydrogens is 484 g/mol. The van der Waals surface area contributed by atoms with E-state index in [9.17, 15) is 9.59 Å². The standard InChI is InChI=1S/C24H32N6O3S2/c1-6-15-9-10-16-18(12-15)35-22(20(16)23(32)33-8-3)25-19(31)13-34-24-27-26-21(30(24)7-2)17-11-14(4)28-29(17)5/h11,15H,6-10,12-13H2,1-5H3,(H,25,31)/t15-/m0/s1. The van der Waals surface area contributed by atoms with Gasteiger partial charge in [-0.2, -0.15) is 5.10 Å². The molecule has 0 aromatic carbocycles. The van der Waals surface area contributed by atoms with Crippen LogP contribution in [-0.2, 0) is 36.0 Å². The van der Waals surface area contributed by atoms with Gasteiger partial charge in [0.05, 0.1) is 23.6 Å². The van der Waals surface area contributed by atoms with Crippen molar-refractivity contribution in [3.8, 4) is 11.5 Å². The first-order chi connectivity index (χ1) is 16.9. The summed E-state index contributed by atoms with van der Waals surface area (Å²) in [4.78, 5) is 26.9. The van der Waals surface area contributed by atoms with Crippen LogP contribution in [-0.4, -0.2) is 48.8 Å². The van der Waals surface area contributed by atoms with Crippen LogP contribution in [0, 0.1) is 12.8 Å². The third-order valence-corrected chi connectivity index (χ3v) is 8.41. The number of thiophene rings is 1. The number of aryl methyl sites for hydroxylation is 2. The van der Waals surface area contributed by atoms with Gasteiger partial charge in [0.2, 0.25) is 5.91 Å².